The van der Waals surface area contributed by atoms with E-state index < -0.39 is 0 Å². The van der Waals surface area contributed by atoms with E-state index in [2.05, 4.69) is 36.0 Å². The summed E-state index contributed by atoms with van der Waals surface area (Å²) in [5, 5.41) is 7.43. The summed E-state index contributed by atoms with van der Waals surface area (Å²) >= 11 is 0. The van der Waals surface area contributed by atoms with Crippen LogP contribution in [0, 0.1) is 0 Å². The van der Waals surface area contributed by atoms with Crippen molar-refractivity contribution in [2.45, 2.75) is 13.0 Å². The van der Waals surface area contributed by atoms with E-state index in [1.807, 2.05) is 30.6 Å². The van der Waals surface area contributed by atoms with Gasteiger partial charge in [0.2, 0.25) is 0 Å². The van der Waals surface area contributed by atoms with Crippen molar-refractivity contribution in [1.29, 1.82) is 0 Å². The van der Waals surface area contributed by atoms with Crippen LogP contribution < -0.4 is 11.1 Å². The highest BCUT2D eigenvalue weighted by atomic mass is 15.3. The van der Waals surface area contributed by atoms with Crippen LogP contribution in [0.15, 0.2) is 55.4 Å². The molecule has 8 nitrogen and oxygen atoms in total. The van der Waals surface area contributed by atoms with Crippen molar-refractivity contribution in [3.8, 4) is 5.82 Å². The molecule has 0 aliphatic heterocycles. The van der Waals surface area contributed by atoms with Crippen molar-refractivity contribution in [3.05, 3.63) is 55.4 Å². The summed E-state index contributed by atoms with van der Waals surface area (Å²) in [6, 6.07) is 9.94. The Bertz CT molecular complexity index is 973. The predicted octanol–water partition coefficient (Wildman–Crippen LogP) is 2.10. The number of fused-ring (bicyclic) bond motifs is 1. The molecule has 8 heteroatoms. The van der Waals surface area contributed by atoms with Crippen LogP contribution in [0.2, 0.25) is 0 Å². The molecule has 4 aromatic rings. The van der Waals surface area contributed by atoms with Crippen LogP contribution in [0.5, 0.6) is 0 Å². The van der Waals surface area contributed by atoms with Gasteiger partial charge < -0.3 is 15.6 Å². The Morgan fingerprint density at radius 1 is 1.08 bits per heavy atom. The van der Waals surface area contributed by atoms with Crippen LogP contribution in [-0.4, -0.2) is 35.8 Å². The summed E-state index contributed by atoms with van der Waals surface area (Å²) in [7, 11) is 0. The number of aryl methyl sites for hydroxylation is 1. The second kappa shape index (κ2) is 6.60. The molecule has 0 atom stereocenters. The zero-order valence-electron chi connectivity index (χ0n) is 13.6. The fourth-order valence-corrected chi connectivity index (χ4v) is 2.75. The maximum absolute atomic E-state index is 6.16. The summed E-state index contributed by atoms with van der Waals surface area (Å²) in [6.07, 6.45) is 7.76. The van der Waals surface area contributed by atoms with E-state index in [9.17, 15) is 0 Å². The molecule has 0 fully saturated rings. The van der Waals surface area contributed by atoms with Gasteiger partial charge in [-0.3, -0.25) is 0 Å². The summed E-state index contributed by atoms with van der Waals surface area (Å²) < 4.78 is 3.77. The molecular formula is C17H18N8. The normalized spacial score (nSPS) is 11.0. The first-order chi connectivity index (χ1) is 12.3. The van der Waals surface area contributed by atoms with E-state index in [0.717, 1.165) is 30.5 Å². The number of aromatic nitrogens is 6. The standard InChI is InChI=1S/C17H18N8/c18-15-16(20-11-21-17(15)25-10-4-8-23-25)19-7-3-9-24-12-22-13-5-1-2-6-14(13)24/h1-2,4-6,8,10-12H,3,7,9,18H2,(H,19,20,21). The molecule has 3 N–H and O–H groups in total. The van der Waals surface area contributed by atoms with E-state index in [0.29, 0.717) is 17.3 Å². The molecule has 0 saturated carbocycles. The number of hydrogen-bond donors (Lipinski definition) is 2. The maximum Gasteiger partial charge on any atom is 0.181 e. The number of para-hydroxylation sites is 2. The third-order valence-electron chi connectivity index (χ3n) is 3.98. The molecule has 0 spiro atoms. The van der Waals surface area contributed by atoms with Crippen LogP contribution in [0.25, 0.3) is 16.9 Å². The number of nitrogen functional groups attached to an aromatic ring is 1. The summed E-state index contributed by atoms with van der Waals surface area (Å²) in [4.78, 5) is 12.8. The van der Waals surface area contributed by atoms with Crippen molar-refractivity contribution in [3.63, 3.8) is 0 Å². The fraction of sp³-hybridized carbons (Fsp3) is 0.176. The van der Waals surface area contributed by atoms with E-state index in [1.54, 1.807) is 17.1 Å². The summed E-state index contributed by atoms with van der Waals surface area (Å²) in [5.74, 6) is 1.19. The average molecular weight is 334 g/mol. The van der Waals surface area contributed by atoms with Gasteiger partial charge in [-0.1, -0.05) is 12.1 Å². The Labute approximate surface area is 144 Å². The minimum absolute atomic E-state index is 0.485. The van der Waals surface area contributed by atoms with Gasteiger partial charge in [-0.15, -0.1) is 0 Å². The molecule has 4 rings (SSSR count). The van der Waals surface area contributed by atoms with Gasteiger partial charge in [-0.2, -0.15) is 5.10 Å². The summed E-state index contributed by atoms with van der Waals surface area (Å²) in [6.45, 7) is 1.61. The molecular weight excluding hydrogens is 316 g/mol. The SMILES string of the molecule is Nc1c(NCCCn2cnc3ccccc32)ncnc1-n1cccn1. The van der Waals surface area contributed by atoms with Gasteiger partial charge in [-0.25, -0.2) is 19.6 Å². The van der Waals surface area contributed by atoms with Gasteiger partial charge in [-0.05, 0) is 24.6 Å². The molecule has 25 heavy (non-hydrogen) atoms. The number of nitrogens with two attached hydrogens (primary N) is 1. The zero-order valence-corrected chi connectivity index (χ0v) is 13.6. The largest absolute Gasteiger partial charge is 0.393 e. The highest BCUT2D eigenvalue weighted by molar-refractivity contribution is 5.74. The Morgan fingerprint density at radius 3 is 2.88 bits per heavy atom. The van der Waals surface area contributed by atoms with Gasteiger partial charge in [0.1, 0.15) is 12.0 Å². The highest BCUT2D eigenvalue weighted by Gasteiger charge is 2.09. The smallest absolute Gasteiger partial charge is 0.181 e. The van der Waals surface area contributed by atoms with Crippen molar-refractivity contribution in [1.82, 2.24) is 29.3 Å². The topological polar surface area (TPSA) is 99.5 Å². The lowest BCUT2D eigenvalue weighted by Crippen LogP contribution is -2.12. The monoisotopic (exact) mass is 334 g/mol. The number of nitrogens with one attached hydrogen (secondary N) is 1. The van der Waals surface area contributed by atoms with Crippen molar-refractivity contribution in [2.75, 3.05) is 17.6 Å². The molecule has 3 aromatic heterocycles. The van der Waals surface area contributed by atoms with Crippen LogP contribution in [0.1, 0.15) is 6.42 Å². The molecule has 0 aliphatic carbocycles. The first kappa shape index (κ1) is 15.1. The van der Waals surface area contributed by atoms with E-state index >= 15 is 0 Å². The highest BCUT2D eigenvalue weighted by Crippen LogP contribution is 2.20. The third-order valence-corrected chi connectivity index (χ3v) is 3.98. The van der Waals surface area contributed by atoms with Crippen LogP contribution >= 0.6 is 0 Å². The molecule has 0 bridgehead atoms. The third kappa shape index (κ3) is 3.01. The van der Waals surface area contributed by atoms with Crippen LogP contribution in [0.3, 0.4) is 0 Å². The van der Waals surface area contributed by atoms with Gasteiger partial charge >= 0.3 is 0 Å². The molecule has 0 unspecified atom stereocenters. The Morgan fingerprint density at radius 2 is 2.00 bits per heavy atom. The van der Waals surface area contributed by atoms with E-state index in [4.69, 9.17) is 5.73 Å². The quantitative estimate of drug-likeness (QED) is 0.524. The number of nitrogens with zero attached hydrogens (tertiary/aromatic N) is 6. The lowest BCUT2D eigenvalue weighted by molar-refractivity contribution is 0.676. The lowest BCUT2D eigenvalue weighted by atomic mass is 10.3. The number of hydrogen-bond acceptors (Lipinski definition) is 6. The molecule has 0 amide bonds. The van der Waals surface area contributed by atoms with E-state index in [1.165, 1.54) is 6.33 Å². The molecule has 3 heterocycles. The van der Waals surface area contributed by atoms with Gasteiger partial charge in [0.25, 0.3) is 0 Å². The minimum atomic E-state index is 0.485. The zero-order chi connectivity index (χ0) is 17.1. The Balaban J connectivity index is 1.40. The second-order valence-electron chi connectivity index (χ2n) is 5.62. The predicted molar refractivity (Wildman–Crippen MR) is 96.4 cm³/mol. The Hall–Kier alpha value is -3.42. The van der Waals surface area contributed by atoms with Crippen molar-refractivity contribution in [2.24, 2.45) is 0 Å². The van der Waals surface area contributed by atoms with Gasteiger partial charge in [0.05, 0.1) is 17.4 Å². The number of benzene rings is 1. The maximum atomic E-state index is 6.16. The number of rotatable bonds is 6. The number of anilines is 2. The van der Waals surface area contributed by atoms with Gasteiger partial charge in [0, 0.05) is 25.5 Å². The van der Waals surface area contributed by atoms with Crippen LogP contribution in [-0.2, 0) is 6.54 Å². The lowest BCUT2D eigenvalue weighted by Gasteiger charge is -2.11. The van der Waals surface area contributed by atoms with Gasteiger partial charge in [0.15, 0.2) is 11.6 Å². The average Bonchev–Trinajstić information content (AvgIpc) is 3.30. The molecule has 1 aromatic carbocycles. The molecule has 0 aliphatic rings. The first-order valence-corrected chi connectivity index (χ1v) is 8.07. The molecule has 126 valence electrons. The summed E-state index contributed by atoms with van der Waals surface area (Å²) in [5.41, 5.74) is 8.80. The number of imidazole rings is 1. The minimum Gasteiger partial charge on any atom is -0.393 e. The van der Waals surface area contributed by atoms with E-state index in [-0.39, 0.29) is 0 Å². The first-order valence-electron chi connectivity index (χ1n) is 8.07. The fourth-order valence-electron chi connectivity index (χ4n) is 2.75. The van der Waals surface area contributed by atoms with Crippen molar-refractivity contribution >= 4 is 22.5 Å². The van der Waals surface area contributed by atoms with Crippen LogP contribution in [0.4, 0.5) is 11.5 Å². The Kier molecular flexibility index (Phi) is 3.99. The second-order valence-corrected chi connectivity index (χ2v) is 5.62. The van der Waals surface area contributed by atoms with Crippen molar-refractivity contribution < 1.29 is 0 Å². The molecule has 0 saturated heterocycles. The molecule has 0 radical (unpaired) electrons.